The summed E-state index contributed by atoms with van der Waals surface area (Å²) in [5, 5.41) is 24.6. The van der Waals surface area contributed by atoms with Crippen LogP contribution in [0.25, 0.3) is 0 Å². The fourth-order valence-electron chi connectivity index (χ4n) is 2.63. The van der Waals surface area contributed by atoms with Crippen LogP contribution >= 0.6 is 0 Å². The summed E-state index contributed by atoms with van der Waals surface area (Å²) in [7, 11) is 0. The second kappa shape index (κ2) is 8.79. The molecule has 1 aromatic rings. The van der Waals surface area contributed by atoms with E-state index in [4.69, 9.17) is 10.2 Å². The number of rotatable bonds is 8. The second-order valence-corrected chi connectivity index (χ2v) is 6.07. The first-order valence-electron chi connectivity index (χ1n) is 8.15. The average molecular weight is 377 g/mol. The normalized spacial score (nSPS) is 20.1. The standard InChI is InChI=1S/C17H19N3O7/c21-13(18-12(17(26)27)8-14(22)23)7-11-16(25)19-10(15(24)20-11)6-9-4-2-1-3-5-9/h1-5,10-12H,6-8H2,(H,18,21)(H,19,25)(H,20,24)(H,22,23)(H,26,27)/t10-,11-,12-/m0/s1. The maximum atomic E-state index is 12.2. The fraction of sp³-hybridized carbons (Fsp3) is 0.353. The summed E-state index contributed by atoms with van der Waals surface area (Å²) in [5.41, 5.74) is 0.854. The second-order valence-electron chi connectivity index (χ2n) is 6.07. The third-order valence-electron chi connectivity index (χ3n) is 3.95. The number of carbonyl (C=O) groups excluding carboxylic acids is 3. The van der Waals surface area contributed by atoms with E-state index in [1.165, 1.54) is 0 Å². The van der Waals surface area contributed by atoms with Crippen molar-refractivity contribution >= 4 is 29.7 Å². The molecule has 0 aromatic heterocycles. The Hall–Kier alpha value is -3.43. The van der Waals surface area contributed by atoms with Gasteiger partial charge in [0, 0.05) is 6.42 Å². The van der Waals surface area contributed by atoms with Crippen molar-refractivity contribution in [1.29, 1.82) is 0 Å². The van der Waals surface area contributed by atoms with Gasteiger partial charge >= 0.3 is 11.9 Å². The van der Waals surface area contributed by atoms with Gasteiger partial charge in [-0.3, -0.25) is 19.2 Å². The Morgan fingerprint density at radius 3 is 2.19 bits per heavy atom. The molecular weight excluding hydrogens is 358 g/mol. The monoisotopic (exact) mass is 377 g/mol. The van der Waals surface area contributed by atoms with E-state index in [0.717, 1.165) is 5.56 Å². The molecule has 1 fully saturated rings. The largest absolute Gasteiger partial charge is 0.481 e. The number of amides is 3. The molecular formula is C17H19N3O7. The Morgan fingerprint density at radius 2 is 1.59 bits per heavy atom. The summed E-state index contributed by atoms with van der Waals surface area (Å²) in [6.45, 7) is 0. The van der Waals surface area contributed by atoms with Crippen molar-refractivity contribution in [2.24, 2.45) is 0 Å². The number of carboxylic acid groups (broad SMARTS) is 2. The molecule has 1 aliphatic rings. The van der Waals surface area contributed by atoms with Gasteiger partial charge in [0.2, 0.25) is 17.7 Å². The van der Waals surface area contributed by atoms with Gasteiger partial charge in [0.1, 0.15) is 18.1 Å². The van der Waals surface area contributed by atoms with Crippen molar-refractivity contribution in [1.82, 2.24) is 16.0 Å². The zero-order valence-electron chi connectivity index (χ0n) is 14.2. The Balaban J connectivity index is 1.92. The summed E-state index contributed by atoms with van der Waals surface area (Å²) >= 11 is 0. The van der Waals surface area contributed by atoms with Crippen LogP contribution in [0.15, 0.2) is 30.3 Å². The molecule has 0 radical (unpaired) electrons. The lowest BCUT2D eigenvalue weighted by atomic mass is 10.0. The van der Waals surface area contributed by atoms with Crippen molar-refractivity contribution in [3.05, 3.63) is 35.9 Å². The summed E-state index contributed by atoms with van der Waals surface area (Å²) in [6, 6.07) is 5.50. The smallest absolute Gasteiger partial charge is 0.326 e. The zero-order chi connectivity index (χ0) is 20.0. The molecule has 27 heavy (non-hydrogen) atoms. The fourth-order valence-corrected chi connectivity index (χ4v) is 2.63. The van der Waals surface area contributed by atoms with Crippen LogP contribution in [0, 0.1) is 0 Å². The van der Waals surface area contributed by atoms with E-state index in [-0.39, 0.29) is 6.42 Å². The molecule has 0 bridgehead atoms. The Labute approximate surface area is 153 Å². The quantitative estimate of drug-likeness (QED) is 0.374. The highest BCUT2D eigenvalue weighted by Crippen LogP contribution is 2.08. The Kier molecular flexibility index (Phi) is 6.47. The number of aliphatic carboxylic acids is 2. The Bertz CT molecular complexity index is 750. The lowest BCUT2D eigenvalue weighted by molar-refractivity contribution is -0.147. The molecule has 0 saturated carbocycles. The minimum Gasteiger partial charge on any atom is -0.481 e. The summed E-state index contributed by atoms with van der Waals surface area (Å²) < 4.78 is 0. The first-order chi connectivity index (χ1) is 12.8. The van der Waals surface area contributed by atoms with Crippen LogP contribution in [0.4, 0.5) is 0 Å². The minimum atomic E-state index is -1.62. The van der Waals surface area contributed by atoms with E-state index in [1.807, 2.05) is 23.5 Å². The Morgan fingerprint density at radius 1 is 1.00 bits per heavy atom. The molecule has 0 spiro atoms. The van der Waals surface area contributed by atoms with Crippen molar-refractivity contribution in [3.63, 3.8) is 0 Å². The SMILES string of the molecule is O=C(O)C[C@H](NC(=O)C[C@@H]1NC(=O)[C@H](Cc2ccccc2)NC1=O)C(=O)O. The maximum Gasteiger partial charge on any atom is 0.326 e. The predicted molar refractivity (Wildman–Crippen MR) is 90.4 cm³/mol. The van der Waals surface area contributed by atoms with Crippen molar-refractivity contribution in [3.8, 4) is 0 Å². The van der Waals surface area contributed by atoms with E-state index >= 15 is 0 Å². The highest BCUT2D eigenvalue weighted by Gasteiger charge is 2.35. The number of piperazine rings is 1. The van der Waals surface area contributed by atoms with Crippen LogP contribution in [0.2, 0.25) is 0 Å². The third-order valence-corrected chi connectivity index (χ3v) is 3.95. The van der Waals surface area contributed by atoms with E-state index in [1.54, 1.807) is 12.1 Å². The number of benzene rings is 1. The zero-order valence-corrected chi connectivity index (χ0v) is 14.2. The van der Waals surface area contributed by atoms with E-state index in [2.05, 4.69) is 10.6 Å². The minimum absolute atomic E-state index is 0.289. The summed E-state index contributed by atoms with van der Waals surface area (Å²) in [4.78, 5) is 57.9. The lowest BCUT2D eigenvalue weighted by Crippen LogP contribution is -2.63. The van der Waals surface area contributed by atoms with Gasteiger partial charge in [-0.1, -0.05) is 30.3 Å². The van der Waals surface area contributed by atoms with Gasteiger partial charge in [0.25, 0.3) is 0 Å². The highest BCUT2D eigenvalue weighted by atomic mass is 16.4. The maximum absolute atomic E-state index is 12.2. The summed E-state index contributed by atoms with van der Waals surface area (Å²) in [6.07, 6.45) is -1.01. The molecule has 1 saturated heterocycles. The van der Waals surface area contributed by atoms with Gasteiger partial charge in [-0.05, 0) is 5.56 Å². The van der Waals surface area contributed by atoms with Crippen LogP contribution in [-0.2, 0) is 30.4 Å². The molecule has 144 valence electrons. The number of nitrogens with one attached hydrogen (secondary N) is 3. The molecule has 1 heterocycles. The van der Waals surface area contributed by atoms with Gasteiger partial charge in [0.05, 0.1) is 12.8 Å². The number of hydrogen-bond donors (Lipinski definition) is 5. The van der Waals surface area contributed by atoms with Crippen molar-refractivity contribution in [2.75, 3.05) is 0 Å². The van der Waals surface area contributed by atoms with Gasteiger partial charge in [0.15, 0.2) is 0 Å². The molecule has 2 rings (SSSR count). The van der Waals surface area contributed by atoms with Crippen LogP contribution < -0.4 is 16.0 Å². The molecule has 3 atom stereocenters. The van der Waals surface area contributed by atoms with Gasteiger partial charge < -0.3 is 26.2 Å². The summed E-state index contributed by atoms with van der Waals surface area (Å²) in [5.74, 6) is -4.79. The molecule has 3 amide bonds. The van der Waals surface area contributed by atoms with E-state index < -0.39 is 60.6 Å². The van der Waals surface area contributed by atoms with Crippen molar-refractivity contribution in [2.45, 2.75) is 37.4 Å². The molecule has 0 unspecified atom stereocenters. The topological polar surface area (TPSA) is 162 Å². The van der Waals surface area contributed by atoms with Gasteiger partial charge in [-0.15, -0.1) is 0 Å². The number of carboxylic acids is 2. The van der Waals surface area contributed by atoms with Crippen molar-refractivity contribution < 1.29 is 34.2 Å². The van der Waals surface area contributed by atoms with Crippen LogP contribution in [0.5, 0.6) is 0 Å². The van der Waals surface area contributed by atoms with E-state index in [0.29, 0.717) is 0 Å². The average Bonchev–Trinajstić information content (AvgIpc) is 2.59. The number of hydrogen-bond acceptors (Lipinski definition) is 5. The lowest BCUT2D eigenvalue weighted by Gasteiger charge is -2.29. The van der Waals surface area contributed by atoms with Gasteiger partial charge in [-0.2, -0.15) is 0 Å². The first kappa shape index (κ1) is 19.9. The molecule has 5 N–H and O–H groups in total. The molecule has 1 aliphatic heterocycles. The first-order valence-corrected chi connectivity index (χ1v) is 8.15. The highest BCUT2D eigenvalue weighted by molar-refractivity contribution is 5.99. The molecule has 1 aromatic carbocycles. The van der Waals surface area contributed by atoms with Crippen LogP contribution in [-0.4, -0.2) is 58.0 Å². The molecule has 10 nitrogen and oxygen atoms in total. The number of carbonyl (C=O) groups is 5. The van der Waals surface area contributed by atoms with Gasteiger partial charge in [-0.25, -0.2) is 4.79 Å². The molecule has 10 heteroatoms. The molecule has 0 aliphatic carbocycles. The predicted octanol–water partition coefficient (Wildman–Crippen LogP) is -1.35. The third kappa shape index (κ3) is 5.80. The van der Waals surface area contributed by atoms with E-state index in [9.17, 15) is 24.0 Å². The van der Waals surface area contributed by atoms with Crippen LogP contribution in [0.3, 0.4) is 0 Å². The van der Waals surface area contributed by atoms with Crippen LogP contribution in [0.1, 0.15) is 18.4 Å².